The van der Waals surface area contributed by atoms with Gasteiger partial charge in [-0.3, -0.25) is 24.6 Å². The number of β-lactam (4-membered cyclic amide) rings is 1. The molecule has 0 spiro atoms. The molecule has 2 heterocycles. The molecule has 206 valence electrons. The molecule has 3 rings (SSSR count). The molecule has 39 heavy (non-hydrogen) atoms. The number of nitrogens with two attached hydrogens (primary N) is 2. The number of carboxylic acid groups (broad SMARTS) is 2. The van der Waals surface area contributed by atoms with Gasteiger partial charge in [0.15, 0.2) is 6.10 Å². The van der Waals surface area contributed by atoms with E-state index in [0.29, 0.717) is 0 Å². The molecule has 16 nitrogen and oxygen atoms in total. The molecule has 0 aromatic heterocycles. The van der Waals surface area contributed by atoms with Crippen molar-refractivity contribution in [1.82, 2.24) is 10.2 Å². The van der Waals surface area contributed by atoms with Crippen molar-refractivity contribution in [2.45, 2.75) is 23.6 Å². The first-order chi connectivity index (χ1) is 17.9. The number of anilines is 1. The van der Waals surface area contributed by atoms with Crippen LogP contribution in [-0.2, 0) is 28.7 Å². The number of primary amides is 1. The average Bonchev–Trinajstić information content (AvgIpc) is 2.87. The Morgan fingerprint density at radius 2 is 1.87 bits per heavy atom. The fourth-order valence-corrected chi connectivity index (χ4v) is 4.84. The molecular weight excluding hydrogens is 553 g/mol. The van der Waals surface area contributed by atoms with Crippen LogP contribution in [0.15, 0.2) is 35.5 Å². The number of aliphatic carboxylic acids is 2. The minimum atomic E-state index is -1.77. The minimum absolute atomic E-state index is 0. The molecular formula is C21H24N5NaO11S. The summed E-state index contributed by atoms with van der Waals surface area (Å²) < 4.78 is 9.34. The summed E-state index contributed by atoms with van der Waals surface area (Å²) in [5, 5.41) is 32.7. The number of amides is 4. The summed E-state index contributed by atoms with van der Waals surface area (Å²) in [6.45, 7) is -1.00. The average molecular weight is 578 g/mol. The van der Waals surface area contributed by atoms with Crippen molar-refractivity contribution in [3.63, 3.8) is 0 Å². The molecule has 1 saturated heterocycles. The maximum absolute atomic E-state index is 12.7. The van der Waals surface area contributed by atoms with Gasteiger partial charge in [-0.2, -0.15) is 0 Å². The maximum atomic E-state index is 12.7. The van der Waals surface area contributed by atoms with Crippen LogP contribution in [0.5, 0.6) is 0 Å². The van der Waals surface area contributed by atoms with Crippen LogP contribution < -0.4 is 22.1 Å². The molecule has 0 unspecified atom stereocenters. The number of carbonyl (C=O) groups is 6. The summed E-state index contributed by atoms with van der Waals surface area (Å²) >= 11 is 1.12. The molecule has 18 heteroatoms. The Balaban J connectivity index is 0.00000533. The van der Waals surface area contributed by atoms with Crippen molar-refractivity contribution in [3.8, 4) is 0 Å². The first-order valence-electron chi connectivity index (χ1n) is 10.7. The standard InChI is InChI=1S/C21H23N5O11S.Na.H/c22-11(18(30)31)6-37-21(35)24-10-3-1-2-8(4-10)14(27)15(28)25-12-16(29)26-13(19(32)33)9(5-36-20(23)34)7-38-17(12)26;;/h1-4,11-12,14,17,27H,5-7,22H2,(H2,23,34)(H,24,35)(H,25,28)(H,30,31)(H,32,33);;/t11-,12-,14-,17-;;/m1../s1. The second-order valence-corrected chi connectivity index (χ2v) is 9.06. The number of hydrogen-bond donors (Lipinski definition) is 7. The molecule has 1 fully saturated rings. The third-order valence-corrected chi connectivity index (χ3v) is 6.68. The van der Waals surface area contributed by atoms with Crippen LogP contribution in [-0.4, -0.2) is 122 Å². The third-order valence-electron chi connectivity index (χ3n) is 5.34. The molecule has 4 amide bonds. The van der Waals surface area contributed by atoms with E-state index in [-0.39, 0.29) is 57.8 Å². The summed E-state index contributed by atoms with van der Waals surface area (Å²) in [5.74, 6) is -4.40. The van der Waals surface area contributed by atoms with Crippen LogP contribution in [0.3, 0.4) is 0 Å². The van der Waals surface area contributed by atoms with E-state index >= 15 is 0 Å². The number of rotatable bonds is 10. The van der Waals surface area contributed by atoms with Crippen molar-refractivity contribution in [3.05, 3.63) is 41.1 Å². The van der Waals surface area contributed by atoms with E-state index in [1.165, 1.54) is 24.3 Å². The number of nitrogens with one attached hydrogen (secondary N) is 2. The van der Waals surface area contributed by atoms with Gasteiger partial charge >= 0.3 is 53.7 Å². The number of carboxylic acids is 2. The zero-order chi connectivity index (χ0) is 28.1. The first-order valence-corrected chi connectivity index (χ1v) is 11.8. The van der Waals surface area contributed by atoms with E-state index < -0.39 is 72.7 Å². The van der Waals surface area contributed by atoms with Crippen molar-refractivity contribution < 1.29 is 53.6 Å². The van der Waals surface area contributed by atoms with Crippen LogP contribution in [0.1, 0.15) is 11.7 Å². The van der Waals surface area contributed by atoms with Gasteiger partial charge in [0, 0.05) is 17.0 Å². The van der Waals surface area contributed by atoms with Crippen LogP contribution >= 0.6 is 11.8 Å². The number of ether oxygens (including phenoxy) is 2. The Morgan fingerprint density at radius 3 is 2.49 bits per heavy atom. The van der Waals surface area contributed by atoms with Gasteiger partial charge in [-0.1, -0.05) is 12.1 Å². The van der Waals surface area contributed by atoms with Crippen LogP contribution in [0.4, 0.5) is 15.3 Å². The Hall–Kier alpha value is -3.35. The van der Waals surface area contributed by atoms with Gasteiger partial charge in [-0.25, -0.2) is 14.4 Å². The molecule has 0 aliphatic carbocycles. The first kappa shape index (κ1) is 31.9. The van der Waals surface area contributed by atoms with E-state index in [1.807, 2.05) is 0 Å². The Kier molecular flexibility index (Phi) is 11.1. The number of nitrogens with zero attached hydrogens (tertiary/aromatic N) is 1. The van der Waals surface area contributed by atoms with E-state index in [9.17, 15) is 39.0 Å². The SMILES string of the molecule is NC(=O)OCC1=C(C(=O)O)N2C(=O)[C@@H](NC(=O)[C@H](O)c3cccc(NC(=O)OC[C@@H](N)C(=O)O)c3)[C@H]2SC1.[NaH]. The zero-order valence-electron chi connectivity index (χ0n) is 19.4. The van der Waals surface area contributed by atoms with Gasteiger partial charge in [0.1, 0.15) is 36.4 Å². The quantitative estimate of drug-likeness (QED) is 0.116. The van der Waals surface area contributed by atoms with E-state index in [1.54, 1.807) is 0 Å². The Labute approximate surface area is 246 Å². The predicted octanol–water partition coefficient (Wildman–Crippen LogP) is -2.13. The second kappa shape index (κ2) is 13.6. The Bertz CT molecular complexity index is 1210. The summed E-state index contributed by atoms with van der Waals surface area (Å²) in [7, 11) is 0. The van der Waals surface area contributed by atoms with Crippen LogP contribution in [0, 0.1) is 0 Å². The Morgan fingerprint density at radius 1 is 1.18 bits per heavy atom. The van der Waals surface area contributed by atoms with Crippen LogP contribution in [0.25, 0.3) is 0 Å². The van der Waals surface area contributed by atoms with E-state index in [4.69, 9.17) is 21.3 Å². The zero-order valence-corrected chi connectivity index (χ0v) is 20.2. The van der Waals surface area contributed by atoms with Gasteiger partial charge in [-0.15, -0.1) is 11.8 Å². The number of fused-ring (bicyclic) bond motifs is 1. The van der Waals surface area contributed by atoms with E-state index in [2.05, 4.69) is 15.4 Å². The summed E-state index contributed by atoms with van der Waals surface area (Å²) in [4.78, 5) is 71.5. The molecule has 0 radical (unpaired) electrons. The molecule has 4 atom stereocenters. The third kappa shape index (κ3) is 7.61. The number of thioether (sulfide) groups is 1. The summed E-state index contributed by atoms with van der Waals surface area (Å²) in [5.41, 5.74) is 10.1. The number of aliphatic hydroxyl groups is 1. The van der Waals surface area contributed by atoms with Gasteiger partial charge in [0.05, 0.1) is 0 Å². The summed E-state index contributed by atoms with van der Waals surface area (Å²) in [6.07, 6.45) is -3.89. The number of aliphatic hydroxyl groups excluding tert-OH is 1. The summed E-state index contributed by atoms with van der Waals surface area (Å²) in [6, 6.07) is 2.91. The van der Waals surface area contributed by atoms with Gasteiger partial charge in [0.2, 0.25) is 0 Å². The monoisotopic (exact) mass is 577 g/mol. The van der Waals surface area contributed by atoms with E-state index in [0.717, 1.165) is 16.7 Å². The molecule has 2 aliphatic heterocycles. The molecule has 0 saturated carbocycles. The van der Waals surface area contributed by atoms with Gasteiger partial charge in [-0.05, 0) is 17.7 Å². The number of hydrogen-bond acceptors (Lipinski definition) is 11. The van der Waals surface area contributed by atoms with Crippen molar-refractivity contribution in [2.24, 2.45) is 11.5 Å². The van der Waals surface area contributed by atoms with Gasteiger partial charge in [0.25, 0.3) is 11.8 Å². The molecule has 0 bridgehead atoms. The number of benzene rings is 1. The van der Waals surface area contributed by atoms with Gasteiger partial charge < -0.3 is 41.6 Å². The van der Waals surface area contributed by atoms with Crippen molar-refractivity contribution in [1.29, 1.82) is 0 Å². The fraction of sp³-hybridized carbons (Fsp3) is 0.333. The molecule has 1 aromatic carbocycles. The van der Waals surface area contributed by atoms with Crippen molar-refractivity contribution >= 4 is 82.9 Å². The fourth-order valence-electron chi connectivity index (χ4n) is 3.51. The molecule has 9 N–H and O–H groups in total. The normalized spacial score (nSPS) is 19.3. The number of carbonyl (C=O) groups excluding carboxylic acids is 4. The predicted molar refractivity (Wildman–Crippen MR) is 134 cm³/mol. The van der Waals surface area contributed by atoms with Crippen LogP contribution in [0.2, 0.25) is 0 Å². The topological polar surface area (TPSA) is 261 Å². The second-order valence-electron chi connectivity index (χ2n) is 7.96. The van der Waals surface area contributed by atoms with Crippen molar-refractivity contribution in [2.75, 3.05) is 24.3 Å². The molecule has 1 aromatic rings. The molecule has 2 aliphatic rings.